The van der Waals surface area contributed by atoms with Gasteiger partial charge in [-0.2, -0.15) is 5.10 Å². The first-order chi connectivity index (χ1) is 10.8. The molecule has 1 aliphatic rings. The summed E-state index contributed by atoms with van der Waals surface area (Å²) in [6, 6.07) is 10.1. The summed E-state index contributed by atoms with van der Waals surface area (Å²) in [5, 5.41) is 10.3. The van der Waals surface area contributed by atoms with Gasteiger partial charge in [-0.15, -0.1) is 12.4 Å². The minimum absolute atomic E-state index is 0. The van der Waals surface area contributed by atoms with Crippen molar-refractivity contribution in [2.24, 2.45) is 0 Å². The Morgan fingerprint density at radius 1 is 1.39 bits per heavy atom. The number of anilines is 1. The first-order valence-corrected chi connectivity index (χ1v) is 7.48. The SMILES string of the molecule is Cl.O=C(CC1CNCCO1)Nc1cnn(Cc2ccccc2)c1. The summed E-state index contributed by atoms with van der Waals surface area (Å²) in [5.74, 6) is -0.0482. The van der Waals surface area contributed by atoms with E-state index in [-0.39, 0.29) is 24.4 Å². The van der Waals surface area contributed by atoms with Gasteiger partial charge in [0, 0.05) is 19.3 Å². The van der Waals surface area contributed by atoms with Crippen LogP contribution in [0.25, 0.3) is 0 Å². The standard InChI is InChI=1S/C16H20N4O2.ClH/c21-16(8-15-10-17-6-7-22-15)19-14-9-18-20(12-14)11-13-4-2-1-3-5-13;/h1-5,9,12,15,17H,6-8,10-11H2,(H,19,21);1H. The highest BCUT2D eigenvalue weighted by molar-refractivity contribution is 5.90. The average molecular weight is 337 g/mol. The van der Waals surface area contributed by atoms with Crippen LogP contribution in [0, 0.1) is 0 Å². The predicted octanol–water partition coefficient (Wildman–Crippen LogP) is 1.67. The van der Waals surface area contributed by atoms with Crippen molar-refractivity contribution in [2.75, 3.05) is 25.0 Å². The molecule has 1 aromatic heterocycles. The molecule has 0 aliphatic carbocycles. The summed E-state index contributed by atoms with van der Waals surface area (Å²) in [7, 11) is 0. The highest BCUT2D eigenvalue weighted by atomic mass is 35.5. The molecule has 2 heterocycles. The predicted molar refractivity (Wildman–Crippen MR) is 90.9 cm³/mol. The van der Waals surface area contributed by atoms with Gasteiger partial charge in [0.25, 0.3) is 0 Å². The van der Waals surface area contributed by atoms with Gasteiger partial charge in [0.1, 0.15) is 0 Å². The lowest BCUT2D eigenvalue weighted by Gasteiger charge is -2.22. The van der Waals surface area contributed by atoms with Crippen molar-refractivity contribution in [2.45, 2.75) is 19.1 Å². The zero-order chi connectivity index (χ0) is 15.2. The van der Waals surface area contributed by atoms with Crippen LogP contribution < -0.4 is 10.6 Å². The number of rotatable bonds is 5. The zero-order valence-corrected chi connectivity index (χ0v) is 13.6. The van der Waals surface area contributed by atoms with Crippen LogP contribution >= 0.6 is 12.4 Å². The smallest absolute Gasteiger partial charge is 0.227 e. The van der Waals surface area contributed by atoms with E-state index in [9.17, 15) is 4.79 Å². The summed E-state index contributed by atoms with van der Waals surface area (Å²) in [6.07, 6.45) is 3.82. The number of hydrogen-bond donors (Lipinski definition) is 2. The van der Waals surface area contributed by atoms with Crippen LogP contribution in [0.2, 0.25) is 0 Å². The molecule has 1 saturated heterocycles. The molecule has 1 fully saturated rings. The summed E-state index contributed by atoms with van der Waals surface area (Å²) in [5.41, 5.74) is 1.88. The van der Waals surface area contributed by atoms with Gasteiger partial charge in [0.15, 0.2) is 0 Å². The molecule has 2 N–H and O–H groups in total. The lowest BCUT2D eigenvalue weighted by molar-refractivity contribution is -0.119. The Bertz CT molecular complexity index is 612. The van der Waals surface area contributed by atoms with E-state index < -0.39 is 0 Å². The third kappa shape index (κ3) is 5.35. The van der Waals surface area contributed by atoms with E-state index in [2.05, 4.69) is 15.7 Å². The Balaban J connectivity index is 0.00000192. The number of morpholine rings is 1. The zero-order valence-electron chi connectivity index (χ0n) is 12.8. The molecule has 0 spiro atoms. The van der Waals surface area contributed by atoms with E-state index in [0.717, 1.165) is 13.1 Å². The molecule has 7 heteroatoms. The number of benzene rings is 1. The van der Waals surface area contributed by atoms with E-state index in [0.29, 0.717) is 25.3 Å². The van der Waals surface area contributed by atoms with Crippen molar-refractivity contribution in [3.63, 3.8) is 0 Å². The van der Waals surface area contributed by atoms with Crippen molar-refractivity contribution < 1.29 is 9.53 Å². The number of ether oxygens (including phenoxy) is 1. The summed E-state index contributed by atoms with van der Waals surface area (Å²) >= 11 is 0. The minimum atomic E-state index is -0.0482. The van der Waals surface area contributed by atoms with Crippen molar-refractivity contribution in [1.29, 1.82) is 0 Å². The first kappa shape index (κ1) is 17.5. The van der Waals surface area contributed by atoms with Crippen LogP contribution in [-0.2, 0) is 16.1 Å². The van der Waals surface area contributed by atoms with Crippen molar-refractivity contribution in [1.82, 2.24) is 15.1 Å². The van der Waals surface area contributed by atoms with E-state index >= 15 is 0 Å². The Kier molecular flexibility index (Phi) is 6.58. The number of carbonyl (C=O) groups is 1. The number of nitrogens with zero attached hydrogens (tertiary/aromatic N) is 2. The van der Waals surface area contributed by atoms with Crippen molar-refractivity contribution in [3.05, 3.63) is 48.3 Å². The maximum absolute atomic E-state index is 12.0. The van der Waals surface area contributed by atoms with E-state index in [1.807, 2.05) is 41.2 Å². The summed E-state index contributed by atoms with van der Waals surface area (Å²) < 4.78 is 7.34. The van der Waals surface area contributed by atoms with Gasteiger partial charge < -0.3 is 15.4 Å². The number of hydrogen-bond acceptors (Lipinski definition) is 4. The van der Waals surface area contributed by atoms with E-state index in [4.69, 9.17) is 4.74 Å². The molecule has 6 nitrogen and oxygen atoms in total. The fraction of sp³-hybridized carbons (Fsp3) is 0.375. The Morgan fingerprint density at radius 3 is 2.96 bits per heavy atom. The average Bonchev–Trinajstić information content (AvgIpc) is 2.96. The van der Waals surface area contributed by atoms with Gasteiger partial charge in [0.2, 0.25) is 5.91 Å². The monoisotopic (exact) mass is 336 g/mol. The molecule has 1 amide bonds. The van der Waals surface area contributed by atoms with Crippen molar-refractivity contribution in [3.8, 4) is 0 Å². The van der Waals surface area contributed by atoms with Gasteiger partial charge in [-0.3, -0.25) is 9.48 Å². The molecule has 0 saturated carbocycles. The lowest BCUT2D eigenvalue weighted by atomic mass is 10.2. The maximum atomic E-state index is 12.0. The fourth-order valence-corrected chi connectivity index (χ4v) is 2.45. The fourth-order valence-electron chi connectivity index (χ4n) is 2.45. The second-order valence-corrected chi connectivity index (χ2v) is 5.36. The van der Waals surface area contributed by atoms with E-state index in [1.54, 1.807) is 6.20 Å². The van der Waals surface area contributed by atoms with Gasteiger partial charge in [-0.05, 0) is 5.56 Å². The van der Waals surface area contributed by atoms with Crippen LogP contribution in [0.15, 0.2) is 42.7 Å². The van der Waals surface area contributed by atoms with Crippen molar-refractivity contribution >= 4 is 24.0 Å². The molecule has 1 aromatic carbocycles. The van der Waals surface area contributed by atoms with Gasteiger partial charge >= 0.3 is 0 Å². The van der Waals surface area contributed by atoms with Gasteiger partial charge in [0.05, 0.1) is 37.6 Å². The minimum Gasteiger partial charge on any atom is -0.375 e. The largest absolute Gasteiger partial charge is 0.375 e. The van der Waals surface area contributed by atoms with Crippen LogP contribution in [0.5, 0.6) is 0 Å². The molecule has 1 aliphatic heterocycles. The molecule has 0 radical (unpaired) electrons. The Labute approximate surface area is 141 Å². The maximum Gasteiger partial charge on any atom is 0.227 e. The quantitative estimate of drug-likeness (QED) is 0.871. The summed E-state index contributed by atoms with van der Waals surface area (Å²) in [4.78, 5) is 12.0. The van der Waals surface area contributed by atoms with Gasteiger partial charge in [-0.1, -0.05) is 30.3 Å². The molecular weight excluding hydrogens is 316 g/mol. The molecule has 2 aromatic rings. The number of aromatic nitrogens is 2. The third-order valence-corrected chi connectivity index (χ3v) is 3.52. The normalized spacial score (nSPS) is 17.3. The number of halogens is 1. The Morgan fingerprint density at radius 2 is 2.22 bits per heavy atom. The number of nitrogens with one attached hydrogen (secondary N) is 2. The second-order valence-electron chi connectivity index (χ2n) is 5.36. The molecule has 0 bridgehead atoms. The first-order valence-electron chi connectivity index (χ1n) is 7.48. The Hall–Kier alpha value is -1.89. The number of carbonyl (C=O) groups excluding carboxylic acids is 1. The van der Waals surface area contributed by atoms with Crippen LogP contribution in [-0.4, -0.2) is 41.5 Å². The molecular formula is C16H21ClN4O2. The molecule has 23 heavy (non-hydrogen) atoms. The van der Waals surface area contributed by atoms with Gasteiger partial charge in [-0.25, -0.2) is 0 Å². The number of amides is 1. The molecule has 1 unspecified atom stereocenters. The lowest BCUT2D eigenvalue weighted by Crippen LogP contribution is -2.40. The molecule has 1 atom stereocenters. The van der Waals surface area contributed by atoms with Crippen LogP contribution in [0.4, 0.5) is 5.69 Å². The van der Waals surface area contributed by atoms with Crippen LogP contribution in [0.1, 0.15) is 12.0 Å². The molecule has 124 valence electrons. The van der Waals surface area contributed by atoms with E-state index in [1.165, 1.54) is 5.56 Å². The topological polar surface area (TPSA) is 68.2 Å². The summed E-state index contributed by atoms with van der Waals surface area (Å²) in [6.45, 7) is 2.92. The third-order valence-electron chi connectivity index (χ3n) is 3.52. The second kappa shape index (κ2) is 8.67. The highest BCUT2D eigenvalue weighted by Gasteiger charge is 2.17. The van der Waals surface area contributed by atoms with Crippen LogP contribution in [0.3, 0.4) is 0 Å². The highest BCUT2D eigenvalue weighted by Crippen LogP contribution is 2.10. The molecule has 3 rings (SSSR count).